The predicted octanol–water partition coefficient (Wildman–Crippen LogP) is 3.34. The van der Waals surface area contributed by atoms with Crippen molar-refractivity contribution in [3.8, 4) is 5.75 Å². The van der Waals surface area contributed by atoms with Crippen LogP contribution in [-0.2, 0) is 0 Å². The molecule has 0 aliphatic rings. The molecule has 93 valence electrons. The van der Waals surface area contributed by atoms with Gasteiger partial charge in [-0.15, -0.1) is 0 Å². The van der Waals surface area contributed by atoms with Gasteiger partial charge in [0.2, 0.25) is 0 Å². The third kappa shape index (κ3) is 3.34. The molecule has 0 spiro atoms. The van der Waals surface area contributed by atoms with Gasteiger partial charge in [-0.25, -0.2) is 0 Å². The Morgan fingerprint density at radius 2 is 1.72 bits per heavy atom. The van der Waals surface area contributed by atoms with Gasteiger partial charge >= 0.3 is 0 Å². The van der Waals surface area contributed by atoms with E-state index in [1.165, 1.54) is 11.1 Å². The highest BCUT2D eigenvalue weighted by Gasteiger charge is 2.05. The molecule has 2 N–H and O–H groups in total. The molecule has 2 heteroatoms. The van der Waals surface area contributed by atoms with E-state index in [0.717, 1.165) is 12.2 Å². The number of rotatable bonds is 5. The highest BCUT2D eigenvalue weighted by Crippen LogP contribution is 2.19. The number of benzene rings is 2. The second-order valence-corrected chi connectivity index (χ2v) is 4.23. The fourth-order valence-corrected chi connectivity index (χ4v) is 1.84. The van der Waals surface area contributed by atoms with Crippen LogP contribution in [0.15, 0.2) is 54.6 Å². The molecule has 2 rings (SSSR count). The van der Waals surface area contributed by atoms with E-state index >= 15 is 0 Å². The molecule has 0 saturated heterocycles. The van der Waals surface area contributed by atoms with Crippen LogP contribution >= 0.6 is 0 Å². The van der Waals surface area contributed by atoms with Gasteiger partial charge in [-0.3, -0.25) is 0 Å². The van der Waals surface area contributed by atoms with Gasteiger partial charge in [-0.2, -0.15) is 0 Å². The van der Waals surface area contributed by atoms with Crippen LogP contribution < -0.4 is 10.5 Å². The zero-order valence-corrected chi connectivity index (χ0v) is 10.5. The first kappa shape index (κ1) is 12.7. The second-order valence-electron chi connectivity index (χ2n) is 4.23. The van der Waals surface area contributed by atoms with Crippen LogP contribution in [0.5, 0.6) is 5.75 Å². The average Bonchev–Trinajstić information content (AvgIpc) is 2.46. The van der Waals surface area contributed by atoms with Gasteiger partial charge in [0.15, 0.2) is 0 Å². The van der Waals surface area contributed by atoms with E-state index in [1.807, 2.05) is 42.5 Å². The topological polar surface area (TPSA) is 35.2 Å². The van der Waals surface area contributed by atoms with E-state index in [2.05, 4.69) is 18.6 Å². The van der Waals surface area contributed by atoms with Crippen LogP contribution in [0.2, 0.25) is 0 Å². The van der Waals surface area contributed by atoms with E-state index in [4.69, 9.17) is 10.5 Å². The lowest BCUT2D eigenvalue weighted by Gasteiger charge is -2.11. The molecule has 0 aliphatic carbocycles. The Labute approximate surface area is 108 Å². The van der Waals surface area contributed by atoms with E-state index in [0.29, 0.717) is 0 Å². The van der Waals surface area contributed by atoms with Crippen LogP contribution in [0.1, 0.15) is 23.6 Å². The summed E-state index contributed by atoms with van der Waals surface area (Å²) in [7, 11) is 1.67. The van der Waals surface area contributed by atoms with Gasteiger partial charge in [-0.05, 0) is 36.1 Å². The standard InChI is InChI=1S/C16H18NO/c1-18-15-10-7-13(8-11-15)9-12-16(17)14-5-3-2-4-6-14/h2-11,16H,12,17H2,1H3. The van der Waals surface area contributed by atoms with Gasteiger partial charge in [0.05, 0.1) is 7.11 Å². The van der Waals surface area contributed by atoms with Gasteiger partial charge in [-0.1, -0.05) is 42.5 Å². The lowest BCUT2D eigenvalue weighted by Crippen LogP contribution is -2.10. The van der Waals surface area contributed by atoms with Crippen molar-refractivity contribution in [3.05, 3.63) is 72.1 Å². The smallest absolute Gasteiger partial charge is 0.118 e. The summed E-state index contributed by atoms with van der Waals surface area (Å²) in [6.45, 7) is 0. The summed E-state index contributed by atoms with van der Waals surface area (Å²) in [5, 5.41) is 0. The van der Waals surface area contributed by atoms with Crippen molar-refractivity contribution in [3.63, 3.8) is 0 Å². The highest BCUT2D eigenvalue weighted by molar-refractivity contribution is 5.31. The van der Waals surface area contributed by atoms with Gasteiger partial charge in [0.25, 0.3) is 0 Å². The first-order valence-corrected chi connectivity index (χ1v) is 6.07. The van der Waals surface area contributed by atoms with Crippen molar-refractivity contribution >= 4 is 0 Å². The van der Waals surface area contributed by atoms with Crippen LogP contribution in [-0.4, -0.2) is 7.11 Å². The maximum Gasteiger partial charge on any atom is 0.118 e. The summed E-state index contributed by atoms with van der Waals surface area (Å²) in [5.74, 6) is 0.875. The molecule has 2 aromatic carbocycles. The number of hydrogen-bond donors (Lipinski definition) is 1. The van der Waals surface area contributed by atoms with Crippen LogP contribution in [0, 0.1) is 6.42 Å². The Morgan fingerprint density at radius 3 is 2.33 bits per heavy atom. The van der Waals surface area contributed by atoms with E-state index in [-0.39, 0.29) is 6.04 Å². The summed E-state index contributed by atoms with van der Waals surface area (Å²) in [5.41, 5.74) is 8.48. The number of methoxy groups -OCH3 is 1. The van der Waals surface area contributed by atoms with Crippen LogP contribution in [0.4, 0.5) is 0 Å². The summed E-state index contributed by atoms with van der Waals surface area (Å²) in [6.07, 6.45) is 2.98. The fourth-order valence-electron chi connectivity index (χ4n) is 1.84. The molecule has 1 atom stereocenters. The Balaban J connectivity index is 1.91. The fraction of sp³-hybridized carbons (Fsp3) is 0.188. The molecule has 0 aromatic heterocycles. The molecule has 1 radical (unpaired) electrons. The summed E-state index contributed by atoms with van der Waals surface area (Å²) < 4.78 is 5.13. The van der Waals surface area contributed by atoms with Crippen LogP contribution in [0.25, 0.3) is 0 Å². The molecule has 18 heavy (non-hydrogen) atoms. The van der Waals surface area contributed by atoms with E-state index in [9.17, 15) is 0 Å². The van der Waals surface area contributed by atoms with Gasteiger partial charge < -0.3 is 10.5 Å². The molecule has 0 aliphatic heterocycles. The number of ether oxygens (including phenoxy) is 1. The third-order valence-electron chi connectivity index (χ3n) is 2.95. The molecule has 2 aromatic rings. The molecule has 0 fully saturated rings. The Kier molecular flexibility index (Phi) is 4.37. The molecule has 1 unspecified atom stereocenters. The normalized spacial score (nSPS) is 12.1. The quantitative estimate of drug-likeness (QED) is 0.870. The van der Waals surface area contributed by atoms with E-state index in [1.54, 1.807) is 7.11 Å². The summed E-state index contributed by atoms with van der Waals surface area (Å²) >= 11 is 0. The Hall–Kier alpha value is -1.80. The number of nitrogens with two attached hydrogens (primary N) is 1. The SMILES string of the molecule is COc1ccc([CH]CC(N)c2ccccc2)cc1. The Morgan fingerprint density at radius 1 is 1.06 bits per heavy atom. The lowest BCUT2D eigenvalue weighted by atomic mass is 10.00. The predicted molar refractivity (Wildman–Crippen MR) is 74.4 cm³/mol. The zero-order valence-electron chi connectivity index (χ0n) is 10.5. The van der Waals surface area contributed by atoms with Gasteiger partial charge in [0.1, 0.15) is 5.75 Å². The lowest BCUT2D eigenvalue weighted by molar-refractivity contribution is 0.414. The largest absolute Gasteiger partial charge is 0.497 e. The second kappa shape index (κ2) is 6.22. The minimum atomic E-state index is 0.0494. The summed E-state index contributed by atoms with van der Waals surface area (Å²) in [6, 6.07) is 18.2. The van der Waals surface area contributed by atoms with Gasteiger partial charge in [0, 0.05) is 6.04 Å². The minimum absolute atomic E-state index is 0.0494. The zero-order chi connectivity index (χ0) is 12.8. The highest BCUT2D eigenvalue weighted by atomic mass is 16.5. The third-order valence-corrected chi connectivity index (χ3v) is 2.95. The summed E-state index contributed by atoms with van der Waals surface area (Å²) in [4.78, 5) is 0. The maximum absolute atomic E-state index is 6.14. The average molecular weight is 240 g/mol. The van der Waals surface area contributed by atoms with Crippen molar-refractivity contribution in [2.45, 2.75) is 12.5 Å². The first-order chi connectivity index (χ1) is 8.79. The number of hydrogen-bond acceptors (Lipinski definition) is 2. The van der Waals surface area contributed by atoms with Crippen molar-refractivity contribution in [1.29, 1.82) is 0 Å². The molecule has 2 nitrogen and oxygen atoms in total. The minimum Gasteiger partial charge on any atom is -0.497 e. The maximum atomic E-state index is 6.14. The molecule has 0 heterocycles. The van der Waals surface area contributed by atoms with Crippen molar-refractivity contribution in [1.82, 2.24) is 0 Å². The van der Waals surface area contributed by atoms with E-state index < -0.39 is 0 Å². The first-order valence-electron chi connectivity index (χ1n) is 6.07. The molecular weight excluding hydrogens is 222 g/mol. The molecule has 0 bridgehead atoms. The van der Waals surface area contributed by atoms with Crippen LogP contribution in [0.3, 0.4) is 0 Å². The Bertz CT molecular complexity index is 464. The molecule has 0 amide bonds. The van der Waals surface area contributed by atoms with Crippen molar-refractivity contribution in [2.24, 2.45) is 5.73 Å². The van der Waals surface area contributed by atoms with Crippen molar-refractivity contribution in [2.75, 3.05) is 7.11 Å². The van der Waals surface area contributed by atoms with Crippen molar-refractivity contribution < 1.29 is 4.74 Å². The molecular formula is C16H18NO. The monoisotopic (exact) mass is 240 g/mol. The molecule has 0 saturated carbocycles.